The van der Waals surface area contributed by atoms with Gasteiger partial charge in [-0.25, -0.2) is 0 Å². The van der Waals surface area contributed by atoms with Crippen LogP contribution in [0.15, 0.2) is 18.2 Å². The van der Waals surface area contributed by atoms with Crippen LogP contribution >= 0.6 is 0 Å². The second kappa shape index (κ2) is 7.39. The number of nitrogens with two attached hydrogens (primary N) is 1. The van der Waals surface area contributed by atoms with Crippen molar-refractivity contribution in [1.29, 1.82) is 0 Å². The molecule has 106 valence electrons. The van der Waals surface area contributed by atoms with Crippen molar-refractivity contribution < 1.29 is 9.47 Å². The number of nitrogen functional groups attached to an aromatic ring is 1. The van der Waals surface area contributed by atoms with E-state index in [0.29, 0.717) is 12.5 Å². The van der Waals surface area contributed by atoms with Crippen LogP contribution in [0.5, 0.6) is 5.75 Å². The molecule has 0 radical (unpaired) electrons. The zero-order valence-corrected chi connectivity index (χ0v) is 11.9. The fourth-order valence-electron chi connectivity index (χ4n) is 2.75. The molecule has 0 bridgehead atoms. The molecule has 3 heteroatoms. The molecule has 1 aliphatic carbocycles. The molecule has 0 aromatic heterocycles. The zero-order chi connectivity index (χ0) is 13.5. The Hall–Kier alpha value is -1.22. The van der Waals surface area contributed by atoms with E-state index in [0.717, 1.165) is 24.5 Å². The molecule has 0 aliphatic heterocycles. The number of anilines is 1. The molecule has 0 amide bonds. The van der Waals surface area contributed by atoms with E-state index in [-0.39, 0.29) is 0 Å². The molecular formula is C16H25NO2. The number of rotatable bonds is 6. The summed E-state index contributed by atoms with van der Waals surface area (Å²) >= 11 is 0. The Labute approximate surface area is 116 Å². The average Bonchev–Trinajstić information content (AvgIpc) is 2.46. The molecule has 0 atom stereocenters. The Bertz CT molecular complexity index is 386. The summed E-state index contributed by atoms with van der Waals surface area (Å²) in [6.45, 7) is 1.38. The summed E-state index contributed by atoms with van der Waals surface area (Å²) in [5.41, 5.74) is 8.10. The monoisotopic (exact) mass is 263 g/mol. The molecule has 0 unspecified atom stereocenters. The molecule has 0 saturated heterocycles. The fraction of sp³-hybridized carbons (Fsp3) is 0.625. The molecule has 1 saturated carbocycles. The van der Waals surface area contributed by atoms with Gasteiger partial charge < -0.3 is 15.2 Å². The third kappa shape index (κ3) is 4.13. The number of methoxy groups -OCH3 is 1. The first kappa shape index (κ1) is 14.2. The van der Waals surface area contributed by atoms with Crippen LogP contribution in [0.3, 0.4) is 0 Å². The van der Waals surface area contributed by atoms with Gasteiger partial charge in [0.2, 0.25) is 0 Å². The molecule has 1 aliphatic rings. The van der Waals surface area contributed by atoms with Gasteiger partial charge in [0.15, 0.2) is 0 Å². The van der Waals surface area contributed by atoms with Gasteiger partial charge >= 0.3 is 0 Å². The van der Waals surface area contributed by atoms with E-state index in [1.807, 2.05) is 6.07 Å². The van der Waals surface area contributed by atoms with Crippen LogP contribution in [0.4, 0.5) is 5.69 Å². The molecule has 0 heterocycles. The minimum atomic E-state index is 0.659. The topological polar surface area (TPSA) is 44.5 Å². The van der Waals surface area contributed by atoms with Crippen LogP contribution in [0, 0.1) is 0 Å². The van der Waals surface area contributed by atoms with Crippen LogP contribution in [0.25, 0.3) is 0 Å². The van der Waals surface area contributed by atoms with Crippen LogP contribution in [-0.2, 0) is 4.74 Å². The molecule has 0 spiro atoms. The van der Waals surface area contributed by atoms with Gasteiger partial charge in [-0.1, -0.05) is 25.3 Å². The van der Waals surface area contributed by atoms with Crippen molar-refractivity contribution in [1.82, 2.24) is 0 Å². The van der Waals surface area contributed by atoms with Crippen molar-refractivity contribution in [3.63, 3.8) is 0 Å². The van der Waals surface area contributed by atoms with Crippen LogP contribution in [0.2, 0.25) is 0 Å². The first-order chi connectivity index (χ1) is 9.31. The van der Waals surface area contributed by atoms with Crippen molar-refractivity contribution in [2.75, 3.05) is 26.1 Å². The van der Waals surface area contributed by atoms with Crippen molar-refractivity contribution in [3.05, 3.63) is 23.8 Å². The minimum absolute atomic E-state index is 0.659. The summed E-state index contributed by atoms with van der Waals surface area (Å²) in [6.07, 6.45) is 7.56. The molecule has 1 fully saturated rings. The lowest BCUT2D eigenvalue weighted by Crippen LogP contribution is -2.07. The van der Waals surface area contributed by atoms with Gasteiger partial charge in [-0.05, 0) is 36.5 Å². The molecule has 1 aromatic rings. The Morgan fingerprint density at radius 2 is 1.95 bits per heavy atom. The maximum atomic E-state index is 5.98. The summed E-state index contributed by atoms with van der Waals surface area (Å²) in [5, 5.41) is 0. The maximum Gasteiger partial charge on any atom is 0.142 e. The highest BCUT2D eigenvalue weighted by Crippen LogP contribution is 2.35. The van der Waals surface area contributed by atoms with E-state index in [9.17, 15) is 0 Å². The lowest BCUT2D eigenvalue weighted by Gasteiger charge is -2.22. The number of hydrogen-bond acceptors (Lipinski definition) is 3. The minimum Gasteiger partial charge on any atom is -0.491 e. The van der Waals surface area contributed by atoms with Gasteiger partial charge in [0.05, 0.1) is 12.3 Å². The second-order valence-electron chi connectivity index (χ2n) is 5.33. The Morgan fingerprint density at radius 1 is 1.16 bits per heavy atom. The van der Waals surface area contributed by atoms with Crippen molar-refractivity contribution in [3.8, 4) is 5.75 Å². The summed E-state index contributed by atoms with van der Waals surface area (Å²) < 4.78 is 10.8. The molecule has 2 N–H and O–H groups in total. The number of benzene rings is 1. The van der Waals surface area contributed by atoms with Crippen LogP contribution in [0.1, 0.15) is 50.0 Å². The van der Waals surface area contributed by atoms with Gasteiger partial charge in [0, 0.05) is 20.1 Å². The maximum absolute atomic E-state index is 5.98. The third-order valence-electron chi connectivity index (χ3n) is 3.86. The summed E-state index contributed by atoms with van der Waals surface area (Å²) in [4.78, 5) is 0. The standard InChI is InChI=1S/C16H25NO2/c1-18-10-5-11-19-16-12-14(8-9-15(16)17)13-6-3-2-4-7-13/h8-9,12-13H,2-7,10-11,17H2,1H3. The fourth-order valence-corrected chi connectivity index (χ4v) is 2.75. The molecule has 2 rings (SSSR count). The highest BCUT2D eigenvalue weighted by Gasteiger charge is 2.16. The van der Waals surface area contributed by atoms with Crippen LogP contribution < -0.4 is 10.5 Å². The molecule has 1 aromatic carbocycles. The van der Waals surface area contributed by atoms with E-state index in [4.69, 9.17) is 15.2 Å². The molecular weight excluding hydrogens is 238 g/mol. The first-order valence-corrected chi connectivity index (χ1v) is 7.32. The van der Waals surface area contributed by atoms with E-state index in [1.54, 1.807) is 7.11 Å². The summed E-state index contributed by atoms with van der Waals surface area (Å²) in [5.74, 6) is 1.52. The van der Waals surface area contributed by atoms with Gasteiger partial charge in [-0.2, -0.15) is 0 Å². The lowest BCUT2D eigenvalue weighted by molar-refractivity contribution is 0.172. The van der Waals surface area contributed by atoms with E-state index < -0.39 is 0 Å². The van der Waals surface area contributed by atoms with Gasteiger partial charge in [-0.3, -0.25) is 0 Å². The SMILES string of the molecule is COCCCOc1cc(C2CCCCC2)ccc1N. The quantitative estimate of drug-likeness (QED) is 0.628. The highest BCUT2D eigenvalue weighted by molar-refractivity contribution is 5.54. The lowest BCUT2D eigenvalue weighted by atomic mass is 9.84. The largest absolute Gasteiger partial charge is 0.491 e. The van der Waals surface area contributed by atoms with E-state index in [2.05, 4.69) is 12.1 Å². The summed E-state index contributed by atoms with van der Waals surface area (Å²) in [7, 11) is 1.71. The smallest absolute Gasteiger partial charge is 0.142 e. The van der Waals surface area contributed by atoms with Gasteiger partial charge in [0.1, 0.15) is 5.75 Å². The van der Waals surface area contributed by atoms with E-state index >= 15 is 0 Å². The second-order valence-corrected chi connectivity index (χ2v) is 5.33. The Morgan fingerprint density at radius 3 is 2.68 bits per heavy atom. The Balaban J connectivity index is 1.97. The summed E-state index contributed by atoms with van der Waals surface area (Å²) in [6, 6.07) is 6.28. The van der Waals surface area contributed by atoms with Crippen molar-refractivity contribution >= 4 is 5.69 Å². The van der Waals surface area contributed by atoms with Crippen molar-refractivity contribution in [2.45, 2.75) is 44.4 Å². The zero-order valence-electron chi connectivity index (χ0n) is 11.9. The molecule has 3 nitrogen and oxygen atoms in total. The van der Waals surface area contributed by atoms with Crippen LogP contribution in [-0.4, -0.2) is 20.3 Å². The van der Waals surface area contributed by atoms with Crippen molar-refractivity contribution in [2.24, 2.45) is 0 Å². The normalized spacial score (nSPS) is 16.5. The average molecular weight is 263 g/mol. The third-order valence-corrected chi connectivity index (χ3v) is 3.86. The number of ether oxygens (including phenoxy) is 2. The molecule has 19 heavy (non-hydrogen) atoms. The predicted molar refractivity (Wildman–Crippen MR) is 78.7 cm³/mol. The highest BCUT2D eigenvalue weighted by atomic mass is 16.5. The van der Waals surface area contributed by atoms with Gasteiger partial charge in [0.25, 0.3) is 0 Å². The first-order valence-electron chi connectivity index (χ1n) is 7.32. The van der Waals surface area contributed by atoms with Gasteiger partial charge in [-0.15, -0.1) is 0 Å². The number of hydrogen-bond donors (Lipinski definition) is 1. The Kier molecular flexibility index (Phi) is 5.52. The van der Waals surface area contributed by atoms with E-state index in [1.165, 1.54) is 37.7 Å². The predicted octanol–water partition coefficient (Wildman–Crippen LogP) is 3.73.